The van der Waals surface area contributed by atoms with Gasteiger partial charge in [-0.15, -0.1) is 0 Å². The molecule has 0 bridgehead atoms. The highest BCUT2D eigenvalue weighted by atomic mass is 16.1. The summed E-state index contributed by atoms with van der Waals surface area (Å²) >= 11 is 0. The molecule has 57 valence electrons. The maximum Gasteiger partial charge on any atom is 0.160 e. The second-order valence-corrected chi connectivity index (χ2v) is 2.46. The third kappa shape index (κ3) is 1.67. The van der Waals surface area contributed by atoms with Crippen molar-refractivity contribution >= 4 is 5.78 Å². The first-order valence-corrected chi connectivity index (χ1v) is 3.64. The molecule has 0 N–H and O–H groups in total. The van der Waals surface area contributed by atoms with E-state index in [2.05, 4.69) is 6.92 Å². The molecule has 0 atom stereocenters. The molecule has 1 rings (SSSR count). The van der Waals surface area contributed by atoms with Gasteiger partial charge >= 0.3 is 0 Å². The Hall–Kier alpha value is -1.11. The molecule has 0 saturated carbocycles. The van der Waals surface area contributed by atoms with Crippen molar-refractivity contribution in [2.24, 2.45) is 0 Å². The van der Waals surface area contributed by atoms with Crippen molar-refractivity contribution in [2.75, 3.05) is 0 Å². The molecule has 0 amide bonds. The number of hydrogen-bond acceptors (Lipinski definition) is 1. The number of carbonyl (C=O) groups excluding carboxylic acids is 1. The molecular formula is C10H11O. The number of hydrogen-bond donors (Lipinski definition) is 0. The zero-order chi connectivity index (χ0) is 8.27. The lowest BCUT2D eigenvalue weighted by Crippen LogP contribution is -1.97. The summed E-state index contributed by atoms with van der Waals surface area (Å²) in [5, 5.41) is 0. The number of Topliss-reactive ketones (excluding diaryl/α,β-unsaturated/α-hetero) is 1. The third-order valence-electron chi connectivity index (χ3n) is 1.67. The lowest BCUT2D eigenvalue weighted by Gasteiger charge is -2.01. The molecule has 0 aliphatic carbocycles. The Morgan fingerprint density at radius 3 is 2.55 bits per heavy atom. The van der Waals surface area contributed by atoms with Crippen LogP contribution in [0.1, 0.15) is 22.8 Å². The molecule has 0 unspecified atom stereocenters. The molecule has 0 aliphatic rings. The average Bonchev–Trinajstić information content (AvgIpc) is 2.04. The SMILES string of the molecule is [CH2]Cc1ccccc1C(C)=O. The summed E-state index contributed by atoms with van der Waals surface area (Å²) < 4.78 is 0. The van der Waals surface area contributed by atoms with E-state index in [4.69, 9.17) is 0 Å². The molecule has 0 spiro atoms. The molecule has 1 radical (unpaired) electrons. The van der Waals surface area contributed by atoms with Crippen LogP contribution in [0.4, 0.5) is 0 Å². The van der Waals surface area contributed by atoms with Crippen molar-refractivity contribution in [3.63, 3.8) is 0 Å². The summed E-state index contributed by atoms with van der Waals surface area (Å²) in [6, 6.07) is 7.56. The number of carbonyl (C=O) groups is 1. The van der Waals surface area contributed by atoms with Gasteiger partial charge in [-0.25, -0.2) is 0 Å². The summed E-state index contributed by atoms with van der Waals surface area (Å²) in [5.74, 6) is 0.115. The quantitative estimate of drug-likeness (QED) is 0.586. The second-order valence-electron chi connectivity index (χ2n) is 2.46. The first kappa shape index (κ1) is 7.99. The van der Waals surface area contributed by atoms with Gasteiger partial charge in [0.1, 0.15) is 0 Å². The number of ketones is 1. The first-order valence-electron chi connectivity index (χ1n) is 3.64. The summed E-state index contributed by atoms with van der Waals surface area (Å²) in [6.07, 6.45) is 0.676. The molecule has 1 aromatic rings. The summed E-state index contributed by atoms with van der Waals surface area (Å²) in [4.78, 5) is 11.0. The maximum absolute atomic E-state index is 11.0. The average molecular weight is 147 g/mol. The van der Waals surface area contributed by atoms with Crippen LogP contribution >= 0.6 is 0 Å². The van der Waals surface area contributed by atoms with E-state index in [9.17, 15) is 4.79 Å². The number of benzene rings is 1. The minimum absolute atomic E-state index is 0.115. The van der Waals surface area contributed by atoms with Gasteiger partial charge < -0.3 is 0 Å². The van der Waals surface area contributed by atoms with E-state index >= 15 is 0 Å². The maximum atomic E-state index is 11.0. The van der Waals surface area contributed by atoms with Gasteiger partial charge in [0.05, 0.1) is 0 Å². The topological polar surface area (TPSA) is 17.1 Å². The van der Waals surface area contributed by atoms with Gasteiger partial charge in [0.15, 0.2) is 5.78 Å². The molecular weight excluding hydrogens is 136 g/mol. The van der Waals surface area contributed by atoms with Crippen LogP contribution < -0.4 is 0 Å². The normalized spacial score (nSPS) is 9.64. The minimum atomic E-state index is 0.115. The van der Waals surface area contributed by atoms with E-state index < -0.39 is 0 Å². The Morgan fingerprint density at radius 1 is 1.45 bits per heavy atom. The van der Waals surface area contributed by atoms with Crippen molar-refractivity contribution < 1.29 is 4.79 Å². The van der Waals surface area contributed by atoms with Gasteiger partial charge in [0.2, 0.25) is 0 Å². The van der Waals surface area contributed by atoms with Crippen molar-refractivity contribution in [1.29, 1.82) is 0 Å². The minimum Gasteiger partial charge on any atom is -0.295 e. The predicted octanol–water partition coefficient (Wildman–Crippen LogP) is 2.27. The van der Waals surface area contributed by atoms with Gasteiger partial charge in [-0.05, 0) is 25.8 Å². The van der Waals surface area contributed by atoms with Crippen LogP contribution in [0.2, 0.25) is 0 Å². The van der Waals surface area contributed by atoms with E-state index in [0.717, 1.165) is 11.1 Å². The van der Waals surface area contributed by atoms with Gasteiger partial charge in [-0.2, -0.15) is 0 Å². The highest BCUT2D eigenvalue weighted by Crippen LogP contribution is 2.09. The molecule has 0 fully saturated rings. The summed E-state index contributed by atoms with van der Waals surface area (Å²) in [5.41, 5.74) is 1.82. The van der Waals surface area contributed by atoms with Crippen molar-refractivity contribution in [3.05, 3.63) is 42.3 Å². The fraction of sp³-hybridized carbons (Fsp3) is 0.200. The van der Waals surface area contributed by atoms with Crippen LogP contribution in [0.3, 0.4) is 0 Å². The fourth-order valence-corrected chi connectivity index (χ4v) is 1.08. The standard InChI is InChI=1S/C10H11O/c1-3-9-6-4-5-7-10(9)8(2)11/h4-7H,1,3H2,2H3. The zero-order valence-corrected chi connectivity index (χ0v) is 6.63. The molecule has 0 aromatic heterocycles. The van der Waals surface area contributed by atoms with Crippen molar-refractivity contribution in [2.45, 2.75) is 13.3 Å². The van der Waals surface area contributed by atoms with Gasteiger partial charge in [-0.1, -0.05) is 24.3 Å². The smallest absolute Gasteiger partial charge is 0.160 e. The van der Waals surface area contributed by atoms with Crippen LogP contribution in [-0.2, 0) is 6.42 Å². The molecule has 0 aliphatic heterocycles. The summed E-state index contributed by atoms with van der Waals surface area (Å²) in [6.45, 7) is 5.32. The van der Waals surface area contributed by atoms with Crippen LogP contribution in [-0.4, -0.2) is 5.78 Å². The third-order valence-corrected chi connectivity index (χ3v) is 1.67. The second kappa shape index (κ2) is 3.33. The van der Waals surface area contributed by atoms with Crippen LogP contribution in [0.15, 0.2) is 24.3 Å². The Balaban J connectivity index is 3.12. The Labute approximate surface area is 67.1 Å². The Bertz CT molecular complexity index is 263. The molecule has 1 nitrogen and oxygen atoms in total. The Kier molecular flexibility index (Phi) is 2.42. The lowest BCUT2D eigenvalue weighted by molar-refractivity contribution is 0.101. The monoisotopic (exact) mass is 147 g/mol. The molecule has 1 heteroatoms. The molecule has 0 saturated heterocycles. The zero-order valence-electron chi connectivity index (χ0n) is 6.63. The summed E-state index contributed by atoms with van der Waals surface area (Å²) in [7, 11) is 0. The molecule has 11 heavy (non-hydrogen) atoms. The van der Waals surface area contributed by atoms with Gasteiger partial charge in [0, 0.05) is 5.56 Å². The van der Waals surface area contributed by atoms with E-state index in [0.29, 0.717) is 6.42 Å². The van der Waals surface area contributed by atoms with E-state index in [1.54, 1.807) is 6.92 Å². The molecule has 0 heterocycles. The highest BCUT2D eigenvalue weighted by Gasteiger charge is 2.02. The number of rotatable bonds is 2. The lowest BCUT2D eigenvalue weighted by atomic mass is 10.0. The van der Waals surface area contributed by atoms with Crippen LogP contribution in [0.5, 0.6) is 0 Å². The van der Waals surface area contributed by atoms with E-state index in [1.165, 1.54) is 0 Å². The van der Waals surface area contributed by atoms with Crippen molar-refractivity contribution in [1.82, 2.24) is 0 Å². The first-order chi connectivity index (χ1) is 5.25. The van der Waals surface area contributed by atoms with E-state index in [1.807, 2.05) is 24.3 Å². The Morgan fingerprint density at radius 2 is 2.09 bits per heavy atom. The highest BCUT2D eigenvalue weighted by molar-refractivity contribution is 5.95. The van der Waals surface area contributed by atoms with Gasteiger partial charge in [0.25, 0.3) is 0 Å². The van der Waals surface area contributed by atoms with E-state index in [-0.39, 0.29) is 5.78 Å². The van der Waals surface area contributed by atoms with Gasteiger partial charge in [-0.3, -0.25) is 4.79 Å². The van der Waals surface area contributed by atoms with Crippen LogP contribution in [0, 0.1) is 6.92 Å². The predicted molar refractivity (Wildman–Crippen MR) is 45.5 cm³/mol. The van der Waals surface area contributed by atoms with Crippen molar-refractivity contribution in [3.8, 4) is 0 Å². The fourth-order valence-electron chi connectivity index (χ4n) is 1.08. The molecule has 1 aromatic carbocycles. The van der Waals surface area contributed by atoms with Crippen LogP contribution in [0.25, 0.3) is 0 Å². The largest absolute Gasteiger partial charge is 0.295 e.